The Morgan fingerprint density at radius 1 is 1.16 bits per heavy atom. The zero-order valence-electron chi connectivity index (χ0n) is 10.5. The van der Waals surface area contributed by atoms with Gasteiger partial charge in [-0.25, -0.2) is 0 Å². The quantitative estimate of drug-likeness (QED) is 0.750. The van der Waals surface area contributed by atoms with Gasteiger partial charge in [-0.2, -0.15) is 0 Å². The molecule has 0 unspecified atom stereocenters. The molecule has 2 aromatic rings. The molecule has 0 aliphatic rings. The van der Waals surface area contributed by atoms with Crippen LogP contribution in [-0.4, -0.2) is 17.7 Å². The number of benzene rings is 2. The van der Waals surface area contributed by atoms with Gasteiger partial charge in [0, 0.05) is 0 Å². The van der Waals surface area contributed by atoms with Crippen LogP contribution in [0, 0.1) is 7.14 Å². The van der Waals surface area contributed by atoms with Gasteiger partial charge in [-0.05, 0) is 0 Å². The fourth-order valence-electron chi connectivity index (χ4n) is 1.60. The minimum absolute atomic E-state index is 0.407. The van der Waals surface area contributed by atoms with Crippen LogP contribution in [0.2, 0.25) is 0 Å². The maximum absolute atomic E-state index is 11.1. The Balaban J connectivity index is 2.19. The summed E-state index contributed by atoms with van der Waals surface area (Å²) in [6, 6.07) is 15.1. The molecule has 0 aliphatic carbocycles. The Morgan fingerprint density at radius 2 is 1.84 bits per heavy atom. The van der Waals surface area contributed by atoms with Gasteiger partial charge in [-0.1, -0.05) is 0 Å². The van der Waals surface area contributed by atoms with E-state index in [1.165, 1.54) is 3.57 Å². The van der Waals surface area contributed by atoms with Gasteiger partial charge in [-0.3, -0.25) is 0 Å². The van der Waals surface area contributed by atoms with Crippen molar-refractivity contribution < 1.29 is 35.8 Å². The second-order valence-electron chi connectivity index (χ2n) is 3.77. The van der Waals surface area contributed by atoms with Crippen molar-refractivity contribution in [3.63, 3.8) is 0 Å². The normalized spacial score (nSPS) is 10.4. The third-order valence-corrected chi connectivity index (χ3v) is 5.30. The Bertz CT molecular complexity index is 564. The molecule has 0 atom stereocenters. The van der Waals surface area contributed by atoms with Gasteiger partial charge >= 0.3 is 122 Å². The molecule has 0 heterocycles. The summed E-state index contributed by atoms with van der Waals surface area (Å²) in [4.78, 5) is 11.1. The van der Waals surface area contributed by atoms with Gasteiger partial charge in [0.15, 0.2) is 0 Å². The number of carboxylic acid groups (broad SMARTS) is 1. The standard InChI is InChI=1S/C15H14IO3/c1-2-19-12-9-7-11(8-10-12)16-14-6-4-3-5-13(14)15(17)18/h3-10H,2H2,1H3,(H,17,18)/q-1. The summed E-state index contributed by atoms with van der Waals surface area (Å²) in [7, 11) is 0. The van der Waals surface area contributed by atoms with Gasteiger partial charge < -0.3 is 0 Å². The van der Waals surface area contributed by atoms with Crippen LogP contribution in [0.25, 0.3) is 0 Å². The molecule has 100 valence electrons. The topological polar surface area (TPSA) is 46.5 Å². The second kappa shape index (κ2) is 6.56. The Morgan fingerprint density at radius 3 is 2.47 bits per heavy atom. The molecule has 4 heteroatoms. The molecular weight excluding hydrogens is 355 g/mol. The van der Waals surface area contributed by atoms with Gasteiger partial charge in [0.25, 0.3) is 0 Å². The first-order valence-electron chi connectivity index (χ1n) is 5.90. The van der Waals surface area contributed by atoms with Crippen molar-refractivity contribution in [2.75, 3.05) is 6.61 Å². The molecule has 0 aliphatic heterocycles. The summed E-state index contributed by atoms with van der Waals surface area (Å²) in [5.41, 5.74) is 0.407. The molecule has 2 rings (SSSR count). The van der Waals surface area contributed by atoms with Crippen molar-refractivity contribution in [2.45, 2.75) is 6.92 Å². The summed E-state index contributed by atoms with van der Waals surface area (Å²) >= 11 is -0.486. The van der Waals surface area contributed by atoms with E-state index in [-0.39, 0.29) is 0 Å². The Labute approximate surface area is 122 Å². The van der Waals surface area contributed by atoms with Crippen LogP contribution in [0.3, 0.4) is 0 Å². The van der Waals surface area contributed by atoms with E-state index in [0.717, 1.165) is 9.32 Å². The van der Waals surface area contributed by atoms with Crippen molar-refractivity contribution in [2.24, 2.45) is 0 Å². The average molecular weight is 369 g/mol. The van der Waals surface area contributed by atoms with Crippen LogP contribution in [0.4, 0.5) is 0 Å². The van der Waals surface area contributed by atoms with E-state index in [4.69, 9.17) is 9.84 Å². The van der Waals surface area contributed by atoms with Gasteiger partial charge in [0.1, 0.15) is 0 Å². The predicted octanol–water partition coefficient (Wildman–Crippen LogP) is -0.0881. The van der Waals surface area contributed by atoms with E-state index in [1.54, 1.807) is 12.1 Å². The molecule has 19 heavy (non-hydrogen) atoms. The minimum atomic E-state index is -0.860. The van der Waals surface area contributed by atoms with Crippen molar-refractivity contribution in [1.29, 1.82) is 0 Å². The summed E-state index contributed by atoms with van der Waals surface area (Å²) in [6.45, 7) is 2.60. The zero-order chi connectivity index (χ0) is 13.7. The van der Waals surface area contributed by atoms with Crippen molar-refractivity contribution in [1.82, 2.24) is 0 Å². The van der Waals surface area contributed by atoms with Crippen molar-refractivity contribution in [3.8, 4) is 5.75 Å². The van der Waals surface area contributed by atoms with Crippen LogP contribution in [0.15, 0.2) is 48.5 Å². The first-order valence-corrected chi connectivity index (χ1v) is 8.06. The van der Waals surface area contributed by atoms with E-state index in [2.05, 4.69) is 0 Å². The maximum atomic E-state index is 11.1. The predicted molar refractivity (Wildman–Crippen MR) is 68.4 cm³/mol. The van der Waals surface area contributed by atoms with Crippen molar-refractivity contribution in [3.05, 3.63) is 61.2 Å². The van der Waals surface area contributed by atoms with Crippen LogP contribution < -0.4 is 25.9 Å². The molecule has 0 saturated heterocycles. The first-order chi connectivity index (χ1) is 9.20. The molecule has 1 N–H and O–H groups in total. The molecule has 0 fully saturated rings. The van der Waals surface area contributed by atoms with E-state index < -0.39 is 27.2 Å². The van der Waals surface area contributed by atoms with Crippen LogP contribution in [0.5, 0.6) is 5.75 Å². The van der Waals surface area contributed by atoms with Gasteiger partial charge in [-0.15, -0.1) is 0 Å². The first kappa shape index (κ1) is 13.9. The summed E-state index contributed by atoms with van der Waals surface area (Å²) in [6.07, 6.45) is 0. The average Bonchev–Trinajstić information content (AvgIpc) is 2.42. The van der Waals surface area contributed by atoms with E-state index >= 15 is 0 Å². The van der Waals surface area contributed by atoms with E-state index in [9.17, 15) is 4.79 Å². The van der Waals surface area contributed by atoms with Crippen LogP contribution in [0.1, 0.15) is 17.3 Å². The van der Waals surface area contributed by atoms with Crippen molar-refractivity contribution >= 4 is 5.97 Å². The fourth-order valence-corrected chi connectivity index (χ4v) is 4.07. The third-order valence-electron chi connectivity index (χ3n) is 2.44. The third kappa shape index (κ3) is 3.70. The number of hydrogen-bond donors (Lipinski definition) is 1. The second-order valence-corrected chi connectivity index (χ2v) is 6.71. The molecule has 0 amide bonds. The SMILES string of the molecule is CCOc1ccc([I-]c2ccccc2C(=O)O)cc1. The Kier molecular flexibility index (Phi) is 4.79. The molecular formula is C15H14IO3-. The monoisotopic (exact) mass is 369 g/mol. The number of ether oxygens (including phenoxy) is 1. The molecule has 0 saturated carbocycles. The summed E-state index contributed by atoms with van der Waals surface area (Å²) < 4.78 is 7.50. The molecule has 0 bridgehead atoms. The molecule has 2 aromatic carbocycles. The summed E-state index contributed by atoms with van der Waals surface area (Å²) in [5.74, 6) is -0.0111. The number of carbonyl (C=O) groups is 1. The van der Waals surface area contributed by atoms with Gasteiger partial charge in [0.05, 0.1) is 0 Å². The number of aromatic carboxylic acids is 1. The number of rotatable bonds is 5. The number of halogens is 1. The van der Waals surface area contributed by atoms with E-state index in [0.29, 0.717) is 12.2 Å². The van der Waals surface area contributed by atoms with Crippen LogP contribution in [-0.2, 0) is 0 Å². The molecule has 0 spiro atoms. The van der Waals surface area contributed by atoms with Crippen LogP contribution >= 0.6 is 0 Å². The molecule has 0 radical (unpaired) electrons. The molecule has 3 nitrogen and oxygen atoms in total. The van der Waals surface area contributed by atoms with Gasteiger partial charge in [0.2, 0.25) is 0 Å². The van der Waals surface area contributed by atoms with E-state index in [1.807, 2.05) is 43.3 Å². The number of carboxylic acids is 1. The fraction of sp³-hybridized carbons (Fsp3) is 0.133. The summed E-state index contributed by atoms with van der Waals surface area (Å²) in [5, 5.41) is 9.16. The Hall–Kier alpha value is -1.56. The molecule has 0 aromatic heterocycles. The number of hydrogen-bond acceptors (Lipinski definition) is 2. The zero-order valence-corrected chi connectivity index (χ0v) is 12.6.